The van der Waals surface area contributed by atoms with Crippen LogP contribution in [0.5, 0.6) is 0 Å². The van der Waals surface area contributed by atoms with Crippen LogP contribution in [0.4, 0.5) is 0 Å². The van der Waals surface area contributed by atoms with Gasteiger partial charge in [0.05, 0.1) is 21.9 Å². The number of piperidine rings is 2. The largest absolute Gasteiger partial charge is 0.299 e. The van der Waals surface area contributed by atoms with E-state index in [1.807, 2.05) is 13.8 Å². The van der Waals surface area contributed by atoms with E-state index in [9.17, 15) is 21.6 Å². The smallest absolute Gasteiger partial charge is 0.243 e. The third kappa shape index (κ3) is 6.10. The number of nitrogens with zero attached hydrogens (tertiary/aromatic N) is 2. The molecule has 2 saturated heterocycles. The fourth-order valence-electron chi connectivity index (χ4n) is 6.47. The number of rotatable bonds is 6. The average Bonchev–Trinajstić information content (AvgIpc) is 3.01. The Bertz CT molecular complexity index is 1950. The van der Waals surface area contributed by atoms with Crippen LogP contribution in [0.1, 0.15) is 47.2 Å². The van der Waals surface area contributed by atoms with Crippen molar-refractivity contribution in [3.63, 3.8) is 0 Å². The molecule has 2 fully saturated rings. The van der Waals surface area contributed by atoms with E-state index in [2.05, 4.69) is 0 Å². The summed E-state index contributed by atoms with van der Waals surface area (Å²) in [7, 11) is -8.23. The van der Waals surface area contributed by atoms with Crippen LogP contribution in [-0.4, -0.2) is 43.8 Å². The predicted molar refractivity (Wildman–Crippen MR) is 175 cm³/mol. The van der Waals surface area contributed by atoms with Gasteiger partial charge in [-0.05, 0) is 79.9 Å². The third-order valence-corrected chi connectivity index (χ3v) is 13.1. The molecule has 11 heteroatoms. The number of hydrogen-bond donors (Lipinski definition) is 0. The number of benzene rings is 4. The SMILES string of the molecule is Cc1ccc(S(=O)(=O)N2C[C@H]3C(=O)CC(c4cccc(Cl)c4)N(S(=O)(=O)c4ccc(C)cc4)[C@H]3CC2c2ccc(Cl)cc2)cc1. The highest BCUT2D eigenvalue weighted by Gasteiger charge is 2.54. The maximum absolute atomic E-state index is 14.6. The average molecular weight is 684 g/mol. The number of hydrogen-bond acceptors (Lipinski definition) is 5. The van der Waals surface area contributed by atoms with Crippen molar-refractivity contribution in [2.45, 2.75) is 54.6 Å². The first-order chi connectivity index (χ1) is 21.4. The number of sulfonamides is 2. The van der Waals surface area contributed by atoms with E-state index in [0.29, 0.717) is 21.2 Å². The highest BCUT2D eigenvalue weighted by molar-refractivity contribution is 7.89. The Morgan fingerprint density at radius 1 is 0.667 bits per heavy atom. The van der Waals surface area contributed by atoms with E-state index in [0.717, 1.165) is 11.1 Å². The van der Waals surface area contributed by atoms with Gasteiger partial charge >= 0.3 is 0 Å². The van der Waals surface area contributed by atoms with Crippen LogP contribution in [0.3, 0.4) is 0 Å². The van der Waals surface area contributed by atoms with Gasteiger partial charge in [0.15, 0.2) is 0 Å². The van der Waals surface area contributed by atoms with Crippen LogP contribution < -0.4 is 0 Å². The molecular formula is C34H32Cl2N2O5S2. The number of carbonyl (C=O) groups excluding carboxylic acids is 1. The maximum Gasteiger partial charge on any atom is 0.243 e. The predicted octanol–water partition coefficient (Wildman–Crippen LogP) is 7.14. The monoisotopic (exact) mass is 682 g/mol. The summed E-state index contributed by atoms with van der Waals surface area (Å²) in [5.41, 5.74) is 3.07. The van der Waals surface area contributed by atoms with Gasteiger partial charge in [0, 0.05) is 35.0 Å². The van der Waals surface area contributed by atoms with Crippen molar-refractivity contribution in [1.82, 2.24) is 8.61 Å². The lowest BCUT2D eigenvalue weighted by molar-refractivity contribution is -0.132. The molecule has 7 nitrogen and oxygen atoms in total. The molecular weight excluding hydrogens is 651 g/mol. The highest BCUT2D eigenvalue weighted by atomic mass is 35.5. The summed E-state index contributed by atoms with van der Waals surface area (Å²) in [6.07, 6.45) is -0.0537. The molecule has 2 heterocycles. The van der Waals surface area contributed by atoms with Crippen LogP contribution in [-0.2, 0) is 24.8 Å². The molecule has 2 aliphatic heterocycles. The number of halogens is 2. The van der Waals surface area contributed by atoms with Crippen molar-refractivity contribution in [2.75, 3.05) is 6.54 Å². The minimum Gasteiger partial charge on any atom is -0.299 e. The summed E-state index contributed by atoms with van der Waals surface area (Å²) in [6, 6.07) is 24.5. The van der Waals surface area contributed by atoms with Crippen LogP contribution in [0.25, 0.3) is 0 Å². The van der Waals surface area contributed by atoms with Gasteiger partial charge < -0.3 is 0 Å². The Hall–Kier alpha value is -3.05. The first kappa shape index (κ1) is 31.9. The Kier molecular flexibility index (Phi) is 8.71. The zero-order valence-electron chi connectivity index (χ0n) is 24.7. The van der Waals surface area contributed by atoms with Crippen molar-refractivity contribution in [3.8, 4) is 0 Å². The molecule has 45 heavy (non-hydrogen) atoms. The van der Waals surface area contributed by atoms with Gasteiger partial charge in [-0.15, -0.1) is 0 Å². The quantitative estimate of drug-likeness (QED) is 0.216. The highest BCUT2D eigenvalue weighted by Crippen LogP contribution is 2.48. The molecule has 0 aromatic heterocycles. The molecule has 6 rings (SSSR count). The number of aryl methyl sites for hydroxylation is 2. The molecule has 2 aliphatic rings. The van der Waals surface area contributed by atoms with E-state index in [1.165, 1.54) is 8.61 Å². The minimum atomic E-state index is -4.16. The van der Waals surface area contributed by atoms with E-state index in [4.69, 9.17) is 23.2 Å². The van der Waals surface area contributed by atoms with Crippen molar-refractivity contribution in [1.29, 1.82) is 0 Å². The second kappa shape index (κ2) is 12.3. The molecule has 0 aliphatic carbocycles. The second-order valence-corrected chi connectivity index (χ2v) is 16.4. The Labute approximate surface area is 274 Å². The van der Waals surface area contributed by atoms with Gasteiger partial charge in [-0.3, -0.25) is 4.79 Å². The van der Waals surface area contributed by atoms with Gasteiger partial charge in [-0.25, -0.2) is 16.8 Å². The van der Waals surface area contributed by atoms with Crippen molar-refractivity contribution in [2.24, 2.45) is 5.92 Å². The normalized spacial score (nSPS) is 23.1. The summed E-state index contributed by atoms with van der Waals surface area (Å²) in [5.74, 6) is -1.08. The van der Waals surface area contributed by atoms with Crippen LogP contribution in [0, 0.1) is 19.8 Å². The van der Waals surface area contributed by atoms with Crippen LogP contribution in [0.2, 0.25) is 10.0 Å². The summed E-state index contributed by atoms with van der Waals surface area (Å²) in [6.45, 7) is 3.58. The molecule has 0 bridgehead atoms. The van der Waals surface area contributed by atoms with E-state index < -0.39 is 44.1 Å². The molecule has 2 unspecified atom stereocenters. The topological polar surface area (TPSA) is 91.8 Å². The van der Waals surface area contributed by atoms with Crippen LogP contribution >= 0.6 is 23.2 Å². The molecule has 4 atom stereocenters. The van der Waals surface area contributed by atoms with Gasteiger partial charge in [-0.1, -0.05) is 82.9 Å². The van der Waals surface area contributed by atoms with Gasteiger partial charge in [0.25, 0.3) is 0 Å². The van der Waals surface area contributed by atoms with Crippen molar-refractivity contribution in [3.05, 3.63) is 129 Å². The lowest BCUT2D eigenvalue weighted by atomic mass is 9.77. The maximum atomic E-state index is 14.6. The van der Waals surface area contributed by atoms with Gasteiger partial charge in [0.1, 0.15) is 5.78 Å². The molecule has 0 spiro atoms. The lowest BCUT2D eigenvalue weighted by Crippen LogP contribution is -2.60. The van der Waals surface area contributed by atoms with E-state index >= 15 is 0 Å². The second-order valence-electron chi connectivity index (χ2n) is 11.8. The fraction of sp³-hybridized carbons (Fsp3) is 0.265. The minimum absolute atomic E-state index is 0.0608. The number of ketones is 1. The standard InChI is InChI=1S/C34H32Cl2N2O5S2/c1-22-6-14-28(15-7-22)44(40,41)37-21-30-33(19-31(37)24-10-12-26(35)13-11-24)38(45(42,43)29-16-8-23(2)9-17-29)32(20-34(30)39)25-4-3-5-27(36)18-25/h3-18,30-33H,19-21H2,1-2H3/t30-,31?,32?,33+/m1/s1. The van der Waals surface area contributed by atoms with Gasteiger partial charge in [-0.2, -0.15) is 8.61 Å². The zero-order valence-corrected chi connectivity index (χ0v) is 27.8. The Morgan fingerprint density at radius 2 is 1.24 bits per heavy atom. The molecule has 0 amide bonds. The molecule has 0 N–H and O–H groups in total. The molecule has 4 aromatic rings. The summed E-state index contributed by atoms with van der Waals surface area (Å²) in [5, 5.41) is 0.908. The summed E-state index contributed by atoms with van der Waals surface area (Å²) < 4.78 is 60.4. The summed E-state index contributed by atoms with van der Waals surface area (Å²) in [4.78, 5) is 14.2. The Balaban J connectivity index is 1.51. The van der Waals surface area contributed by atoms with Crippen molar-refractivity contribution < 1.29 is 21.6 Å². The molecule has 4 aromatic carbocycles. The number of fused-ring (bicyclic) bond motifs is 1. The molecule has 234 valence electrons. The summed E-state index contributed by atoms with van der Waals surface area (Å²) >= 11 is 12.6. The first-order valence-corrected chi connectivity index (χ1v) is 18.2. The number of carbonyl (C=O) groups is 1. The van der Waals surface area contributed by atoms with Crippen LogP contribution in [0.15, 0.2) is 107 Å². The fourth-order valence-corrected chi connectivity index (χ4v) is 10.3. The lowest BCUT2D eigenvalue weighted by Gasteiger charge is -2.51. The number of Topliss-reactive ketones (excluding diaryl/α,β-unsaturated/α-hetero) is 1. The van der Waals surface area contributed by atoms with E-state index in [-0.39, 0.29) is 35.0 Å². The molecule has 0 radical (unpaired) electrons. The van der Waals surface area contributed by atoms with Gasteiger partial charge in [0.2, 0.25) is 20.0 Å². The third-order valence-electron chi connectivity index (χ3n) is 8.81. The molecule has 0 saturated carbocycles. The first-order valence-electron chi connectivity index (χ1n) is 14.6. The Morgan fingerprint density at radius 3 is 1.82 bits per heavy atom. The zero-order chi connectivity index (χ0) is 32.1. The van der Waals surface area contributed by atoms with E-state index in [1.54, 1.807) is 97.1 Å². The van der Waals surface area contributed by atoms with Crippen molar-refractivity contribution >= 4 is 49.0 Å².